The molecule has 0 radical (unpaired) electrons. The van der Waals surface area contributed by atoms with Crippen LogP contribution in [0.3, 0.4) is 0 Å². The molecule has 0 saturated heterocycles. The van der Waals surface area contributed by atoms with E-state index in [4.69, 9.17) is 0 Å². The van der Waals surface area contributed by atoms with Crippen molar-refractivity contribution in [2.24, 2.45) is 0 Å². The fourth-order valence-corrected chi connectivity index (χ4v) is 1.70. The highest BCUT2D eigenvalue weighted by molar-refractivity contribution is 6.02. The Morgan fingerprint density at radius 3 is 2.05 bits per heavy atom. The number of hydrogen-bond acceptors (Lipinski definition) is 6. The quantitative estimate of drug-likeness (QED) is 0.770. The smallest absolute Gasteiger partial charge is 0.325 e. The zero-order valence-corrected chi connectivity index (χ0v) is 12.2. The lowest BCUT2D eigenvalue weighted by Gasteiger charge is -2.21. The van der Waals surface area contributed by atoms with Crippen LogP contribution in [-0.2, 0) is 19.1 Å². The van der Waals surface area contributed by atoms with Crippen molar-refractivity contribution in [1.82, 2.24) is 4.90 Å². The van der Waals surface area contributed by atoms with Gasteiger partial charge in [-0.3, -0.25) is 14.4 Å². The number of para-hydroxylation sites is 1. The third-order valence-corrected chi connectivity index (χ3v) is 2.81. The highest BCUT2D eigenvalue weighted by atomic mass is 16.5. The lowest BCUT2D eigenvalue weighted by molar-refractivity contribution is -0.144. The van der Waals surface area contributed by atoms with Gasteiger partial charge in [0.1, 0.15) is 13.1 Å². The number of amides is 1. The number of rotatable bonds is 6. The molecule has 1 aromatic carbocycles. The number of nitrogens with zero attached hydrogens (tertiary/aromatic N) is 1. The monoisotopic (exact) mass is 294 g/mol. The number of hydrogen-bond donors (Lipinski definition) is 1. The van der Waals surface area contributed by atoms with Gasteiger partial charge in [-0.25, -0.2) is 0 Å². The van der Waals surface area contributed by atoms with E-state index in [0.717, 1.165) is 4.90 Å². The lowest BCUT2D eigenvalue weighted by atomic mass is 10.1. The van der Waals surface area contributed by atoms with E-state index >= 15 is 0 Å². The van der Waals surface area contributed by atoms with E-state index in [9.17, 15) is 14.4 Å². The summed E-state index contributed by atoms with van der Waals surface area (Å²) < 4.78 is 9.08. The summed E-state index contributed by atoms with van der Waals surface area (Å²) in [4.78, 5) is 36.4. The van der Waals surface area contributed by atoms with Gasteiger partial charge in [0, 0.05) is 12.7 Å². The summed E-state index contributed by atoms with van der Waals surface area (Å²) in [5.74, 6) is -1.70. The second-order valence-electron chi connectivity index (χ2n) is 4.11. The molecule has 0 aromatic heterocycles. The molecule has 0 unspecified atom stereocenters. The molecule has 0 heterocycles. The van der Waals surface area contributed by atoms with Crippen molar-refractivity contribution in [3.05, 3.63) is 29.8 Å². The maximum atomic E-state index is 12.5. The molecule has 1 N–H and O–H groups in total. The highest BCUT2D eigenvalue weighted by Gasteiger charge is 2.23. The molecule has 7 nitrogen and oxygen atoms in total. The van der Waals surface area contributed by atoms with E-state index in [0.29, 0.717) is 11.3 Å². The van der Waals surface area contributed by atoms with Crippen molar-refractivity contribution in [1.29, 1.82) is 0 Å². The van der Waals surface area contributed by atoms with Gasteiger partial charge in [0.15, 0.2) is 0 Å². The third kappa shape index (κ3) is 4.48. The zero-order valence-electron chi connectivity index (χ0n) is 12.2. The molecular weight excluding hydrogens is 276 g/mol. The third-order valence-electron chi connectivity index (χ3n) is 2.81. The molecule has 0 aliphatic heterocycles. The van der Waals surface area contributed by atoms with Crippen molar-refractivity contribution in [2.45, 2.75) is 0 Å². The van der Waals surface area contributed by atoms with Gasteiger partial charge in [0.2, 0.25) is 0 Å². The first-order valence-electron chi connectivity index (χ1n) is 6.23. The largest absolute Gasteiger partial charge is 0.468 e. The summed E-state index contributed by atoms with van der Waals surface area (Å²) in [6, 6.07) is 6.80. The van der Waals surface area contributed by atoms with E-state index in [2.05, 4.69) is 14.8 Å². The summed E-state index contributed by atoms with van der Waals surface area (Å²) >= 11 is 0. The van der Waals surface area contributed by atoms with E-state index in [1.165, 1.54) is 14.2 Å². The Labute approximate surface area is 122 Å². The van der Waals surface area contributed by atoms with Gasteiger partial charge in [0.25, 0.3) is 5.91 Å². The summed E-state index contributed by atoms with van der Waals surface area (Å²) in [7, 11) is 4.10. The molecule has 0 saturated carbocycles. The van der Waals surface area contributed by atoms with Crippen LogP contribution in [0.1, 0.15) is 10.4 Å². The van der Waals surface area contributed by atoms with Gasteiger partial charge < -0.3 is 19.7 Å². The van der Waals surface area contributed by atoms with Crippen molar-refractivity contribution >= 4 is 23.5 Å². The van der Waals surface area contributed by atoms with Gasteiger partial charge >= 0.3 is 11.9 Å². The van der Waals surface area contributed by atoms with Crippen LogP contribution in [0.25, 0.3) is 0 Å². The maximum absolute atomic E-state index is 12.5. The van der Waals surface area contributed by atoms with Crippen molar-refractivity contribution in [2.75, 3.05) is 39.7 Å². The second kappa shape index (κ2) is 7.88. The molecule has 114 valence electrons. The van der Waals surface area contributed by atoms with Crippen LogP contribution < -0.4 is 5.32 Å². The molecule has 21 heavy (non-hydrogen) atoms. The Balaban J connectivity index is 3.03. The molecule has 0 aliphatic carbocycles. The molecular formula is C14H18N2O5. The number of ether oxygens (including phenoxy) is 2. The van der Waals surface area contributed by atoms with Gasteiger partial charge in [-0.1, -0.05) is 12.1 Å². The van der Waals surface area contributed by atoms with Crippen LogP contribution in [0.4, 0.5) is 5.69 Å². The topological polar surface area (TPSA) is 84.9 Å². The number of benzene rings is 1. The van der Waals surface area contributed by atoms with Crippen molar-refractivity contribution < 1.29 is 23.9 Å². The van der Waals surface area contributed by atoms with E-state index in [-0.39, 0.29) is 13.1 Å². The average molecular weight is 294 g/mol. The summed E-state index contributed by atoms with van der Waals surface area (Å²) in [6.07, 6.45) is 0. The van der Waals surface area contributed by atoms with Crippen LogP contribution in [0.5, 0.6) is 0 Å². The van der Waals surface area contributed by atoms with E-state index in [1.54, 1.807) is 31.3 Å². The number of carbonyl (C=O) groups is 3. The molecule has 0 bridgehead atoms. The first-order chi connectivity index (χ1) is 10.0. The number of nitrogens with one attached hydrogen (secondary N) is 1. The lowest BCUT2D eigenvalue weighted by Crippen LogP contribution is -2.40. The minimum Gasteiger partial charge on any atom is -0.468 e. The first-order valence-corrected chi connectivity index (χ1v) is 6.23. The molecule has 7 heteroatoms. The minimum atomic E-state index is -0.616. The normalized spacial score (nSPS) is 9.67. The average Bonchev–Trinajstić information content (AvgIpc) is 2.52. The fourth-order valence-electron chi connectivity index (χ4n) is 1.70. The Bertz CT molecular complexity index is 512. The van der Waals surface area contributed by atoms with Crippen LogP contribution in [-0.4, -0.2) is 57.1 Å². The van der Waals surface area contributed by atoms with Crippen LogP contribution in [0.15, 0.2) is 24.3 Å². The van der Waals surface area contributed by atoms with E-state index < -0.39 is 17.8 Å². The number of anilines is 1. The van der Waals surface area contributed by atoms with Crippen LogP contribution in [0, 0.1) is 0 Å². The SMILES string of the molecule is CNc1ccccc1C(=O)N(CC(=O)OC)CC(=O)OC. The summed E-state index contributed by atoms with van der Waals surface area (Å²) in [5, 5.41) is 2.89. The molecule has 0 aliphatic rings. The molecule has 1 rings (SSSR count). The number of esters is 2. The maximum Gasteiger partial charge on any atom is 0.325 e. The second-order valence-corrected chi connectivity index (χ2v) is 4.11. The van der Waals surface area contributed by atoms with Gasteiger partial charge in [-0.15, -0.1) is 0 Å². The van der Waals surface area contributed by atoms with E-state index in [1.807, 2.05) is 0 Å². The Hall–Kier alpha value is -2.57. The number of methoxy groups -OCH3 is 2. The summed E-state index contributed by atoms with van der Waals surface area (Å²) in [6.45, 7) is -0.662. The van der Waals surface area contributed by atoms with Crippen LogP contribution in [0.2, 0.25) is 0 Å². The highest BCUT2D eigenvalue weighted by Crippen LogP contribution is 2.16. The Morgan fingerprint density at radius 1 is 1.05 bits per heavy atom. The molecule has 1 amide bonds. The number of carbonyl (C=O) groups excluding carboxylic acids is 3. The first kappa shape index (κ1) is 16.5. The molecule has 0 fully saturated rings. The van der Waals surface area contributed by atoms with Crippen molar-refractivity contribution in [3.63, 3.8) is 0 Å². The van der Waals surface area contributed by atoms with Gasteiger partial charge in [-0.05, 0) is 12.1 Å². The Kier molecular flexibility index (Phi) is 6.19. The predicted molar refractivity (Wildman–Crippen MR) is 75.9 cm³/mol. The summed E-state index contributed by atoms with van der Waals surface area (Å²) in [5.41, 5.74) is 0.954. The van der Waals surface area contributed by atoms with Gasteiger partial charge in [-0.2, -0.15) is 0 Å². The van der Waals surface area contributed by atoms with Gasteiger partial charge in [0.05, 0.1) is 19.8 Å². The molecule has 0 atom stereocenters. The van der Waals surface area contributed by atoms with Crippen LogP contribution >= 0.6 is 0 Å². The standard InChI is InChI=1S/C14H18N2O5/c1-15-11-7-5-4-6-10(11)14(19)16(8-12(17)20-2)9-13(18)21-3/h4-7,15H,8-9H2,1-3H3. The van der Waals surface area contributed by atoms with Crippen molar-refractivity contribution in [3.8, 4) is 0 Å². The minimum absolute atomic E-state index is 0.331. The predicted octanol–water partition coefficient (Wildman–Crippen LogP) is 0.516. The fraction of sp³-hybridized carbons (Fsp3) is 0.357. The Morgan fingerprint density at radius 2 is 1.57 bits per heavy atom. The zero-order chi connectivity index (χ0) is 15.8. The molecule has 0 spiro atoms. The molecule has 1 aromatic rings.